The Bertz CT molecular complexity index is 99.4. The van der Waals surface area contributed by atoms with Crippen molar-refractivity contribution >= 4 is 0 Å². The van der Waals surface area contributed by atoms with Crippen LogP contribution in [0.2, 0.25) is 0 Å². The summed E-state index contributed by atoms with van der Waals surface area (Å²) < 4.78 is 0. The molecule has 0 aliphatic carbocycles. The molecule has 0 amide bonds. The molecule has 1 nitrogen and oxygen atoms in total. The lowest BCUT2D eigenvalue weighted by Crippen LogP contribution is -2.17. The fourth-order valence-corrected chi connectivity index (χ4v) is 1.61. The molecule has 14 heavy (non-hydrogen) atoms. The number of hydrogen-bond donors (Lipinski definition) is 1. The molecule has 0 rings (SSSR count). The fourth-order valence-electron chi connectivity index (χ4n) is 1.61. The summed E-state index contributed by atoms with van der Waals surface area (Å²) in [6.07, 6.45) is 9.65. The molecule has 0 bridgehead atoms. The lowest BCUT2D eigenvalue weighted by Gasteiger charge is -2.06. The topological polar surface area (TPSA) is 12.0 Å². The van der Waals surface area contributed by atoms with E-state index in [9.17, 15) is 0 Å². The molecule has 0 aromatic heterocycles. The molecule has 0 unspecified atom stereocenters. The van der Waals surface area contributed by atoms with Crippen molar-refractivity contribution in [2.75, 3.05) is 13.1 Å². The van der Waals surface area contributed by atoms with Crippen molar-refractivity contribution in [2.45, 2.75) is 65.7 Å². The van der Waals surface area contributed by atoms with Gasteiger partial charge in [0.2, 0.25) is 0 Å². The van der Waals surface area contributed by atoms with Gasteiger partial charge in [0, 0.05) is 0 Å². The molecule has 0 saturated carbocycles. The molecule has 0 radical (unpaired) electrons. The van der Waals surface area contributed by atoms with Crippen LogP contribution in [0.5, 0.6) is 0 Å². The van der Waals surface area contributed by atoms with Crippen molar-refractivity contribution in [3.63, 3.8) is 0 Å². The normalized spacial score (nSPS) is 11.1. The zero-order valence-corrected chi connectivity index (χ0v) is 10.4. The van der Waals surface area contributed by atoms with Gasteiger partial charge in [0.1, 0.15) is 0 Å². The molecule has 1 heteroatoms. The minimum atomic E-state index is 0.862. The fraction of sp³-hybridized carbons (Fsp3) is 1.00. The number of nitrogens with one attached hydrogen (secondary N) is 1. The SMILES string of the molecule is CCCCCCCNCCCC(C)C. The Morgan fingerprint density at radius 2 is 1.50 bits per heavy atom. The zero-order chi connectivity index (χ0) is 10.6. The highest BCUT2D eigenvalue weighted by Crippen LogP contribution is 2.03. The number of hydrogen-bond acceptors (Lipinski definition) is 1. The summed E-state index contributed by atoms with van der Waals surface area (Å²) in [6, 6.07) is 0. The van der Waals surface area contributed by atoms with Gasteiger partial charge in [-0.05, 0) is 38.3 Å². The van der Waals surface area contributed by atoms with E-state index in [1.54, 1.807) is 0 Å². The van der Waals surface area contributed by atoms with Gasteiger partial charge in [-0.25, -0.2) is 0 Å². The molecule has 0 aromatic carbocycles. The first-order valence-corrected chi connectivity index (χ1v) is 6.48. The molecule has 1 N–H and O–H groups in total. The molecule has 86 valence electrons. The van der Waals surface area contributed by atoms with Crippen LogP contribution in [0.1, 0.15) is 65.7 Å². The smallest absolute Gasteiger partial charge is 0.00488 e. The molecule has 0 fully saturated rings. The molecule has 0 spiro atoms. The second-order valence-electron chi connectivity index (χ2n) is 4.70. The zero-order valence-electron chi connectivity index (χ0n) is 10.4. The van der Waals surface area contributed by atoms with Crippen molar-refractivity contribution in [2.24, 2.45) is 5.92 Å². The lowest BCUT2D eigenvalue weighted by molar-refractivity contribution is 0.516. The number of unbranched alkanes of at least 4 members (excludes halogenated alkanes) is 4. The van der Waals surface area contributed by atoms with Gasteiger partial charge in [-0.2, -0.15) is 0 Å². The van der Waals surface area contributed by atoms with Crippen LogP contribution >= 0.6 is 0 Å². The highest BCUT2D eigenvalue weighted by atomic mass is 14.8. The van der Waals surface area contributed by atoms with Gasteiger partial charge < -0.3 is 5.32 Å². The van der Waals surface area contributed by atoms with E-state index in [-0.39, 0.29) is 0 Å². The predicted molar refractivity (Wildman–Crippen MR) is 65.7 cm³/mol. The van der Waals surface area contributed by atoms with E-state index in [0.717, 1.165) is 5.92 Å². The van der Waals surface area contributed by atoms with E-state index in [2.05, 4.69) is 26.1 Å². The summed E-state index contributed by atoms with van der Waals surface area (Å²) in [6.45, 7) is 9.30. The van der Waals surface area contributed by atoms with Crippen LogP contribution in [0, 0.1) is 5.92 Å². The van der Waals surface area contributed by atoms with Gasteiger partial charge in [0.05, 0.1) is 0 Å². The van der Waals surface area contributed by atoms with Crippen molar-refractivity contribution in [3.8, 4) is 0 Å². The Balaban J connectivity index is 2.85. The van der Waals surface area contributed by atoms with Crippen LogP contribution in [-0.2, 0) is 0 Å². The Labute approximate surface area is 90.7 Å². The molecule has 0 aliphatic rings. The molecule has 0 saturated heterocycles. The number of rotatable bonds is 10. The van der Waals surface area contributed by atoms with Crippen LogP contribution < -0.4 is 5.32 Å². The van der Waals surface area contributed by atoms with Crippen LogP contribution in [0.15, 0.2) is 0 Å². The van der Waals surface area contributed by atoms with Gasteiger partial charge in [0.15, 0.2) is 0 Å². The minimum absolute atomic E-state index is 0.862. The van der Waals surface area contributed by atoms with Crippen LogP contribution in [0.3, 0.4) is 0 Å². The summed E-state index contributed by atoms with van der Waals surface area (Å²) in [5, 5.41) is 3.52. The van der Waals surface area contributed by atoms with Crippen molar-refractivity contribution in [1.82, 2.24) is 5.32 Å². The monoisotopic (exact) mass is 199 g/mol. The molecule has 0 aliphatic heterocycles. The van der Waals surface area contributed by atoms with E-state index in [1.807, 2.05) is 0 Å². The van der Waals surface area contributed by atoms with E-state index in [4.69, 9.17) is 0 Å². The van der Waals surface area contributed by atoms with Gasteiger partial charge in [-0.3, -0.25) is 0 Å². The average molecular weight is 199 g/mol. The van der Waals surface area contributed by atoms with Crippen molar-refractivity contribution in [1.29, 1.82) is 0 Å². The maximum Gasteiger partial charge on any atom is -0.00488 e. The summed E-state index contributed by atoms with van der Waals surface area (Å²) in [4.78, 5) is 0. The second kappa shape index (κ2) is 11.0. The maximum atomic E-state index is 3.52. The van der Waals surface area contributed by atoms with E-state index >= 15 is 0 Å². The van der Waals surface area contributed by atoms with E-state index < -0.39 is 0 Å². The highest BCUT2D eigenvalue weighted by Gasteiger charge is 1.93. The molecule has 0 aromatic rings. The predicted octanol–water partition coefficient (Wildman–Crippen LogP) is 3.98. The van der Waals surface area contributed by atoms with Gasteiger partial charge in [0.25, 0.3) is 0 Å². The van der Waals surface area contributed by atoms with Crippen LogP contribution in [-0.4, -0.2) is 13.1 Å². The third kappa shape index (κ3) is 12.0. The van der Waals surface area contributed by atoms with Gasteiger partial charge in [-0.1, -0.05) is 46.5 Å². The first-order valence-electron chi connectivity index (χ1n) is 6.48. The minimum Gasteiger partial charge on any atom is -0.317 e. The third-order valence-electron chi connectivity index (χ3n) is 2.59. The van der Waals surface area contributed by atoms with Gasteiger partial charge >= 0.3 is 0 Å². The molecule has 0 atom stereocenters. The third-order valence-corrected chi connectivity index (χ3v) is 2.59. The van der Waals surface area contributed by atoms with E-state index in [1.165, 1.54) is 58.0 Å². The first-order chi connectivity index (χ1) is 6.77. The van der Waals surface area contributed by atoms with Crippen molar-refractivity contribution < 1.29 is 0 Å². The van der Waals surface area contributed by atoms with Crippen molar-refractivity contribution in [3.05, 3.63) is 0 Å². The Kier molecular flexibility index (Phi) is 11.0. The van der Waals surface area contributed by atoms with Crippen LogP contribution in [0.25, 0.3) is 0 Å². The summed E-state index contributed by atoms with van der Waals surface area (Å²) in [5.41, 5.74) is 0. The Morgan fingerprint density at radius 3 is 2.14 bits per heavy atom. The molecule has 0 heterocycles. The van der Waals surface area contributed by atoms with Crippen LogP contribution in [0.4, 0.5) is 0 Å². The quantitative estimate of drug-likeness (QED) is 0.525. The van der Waals surface area contributed by atoms with E-state index in [0.29, 0.717) is 0 Å². The standard InChI is InChI=1S/C13H29N/c1-4-5-6-7-8-11-14-12-9-10-13(2)3/h13-14H,4-12H2,1-3H3. The molecular formula is C13H29N. The summed E-state index contributed by atoms with van der Waals surface area (Å²) in [7, 11) is 0. The first kappa shape index (κ1) is 14.0. The Hall–Kier alpha value is -0.0400. The molecular weight excluding hydrogens is 170 g/mol. The summed E-state index contributed by atoms with van der Waals surface area (Å²) >= 11 is 0. The summed E-state index contributed by atoms with van der Waals surface area (Å²) in [5.74, 6) is 0.862. The average Bonchev–Trinajstić information content (AvgIpc) is 2.15. The largest absolute Gasteiger partial charge is 0.317 e. The van der Waals surface area contributed by atoms with Gasteiger partial charge in [-0.15, -0.1) is 0 Å². The lowest BCUT2D eigenvalue weighted by atomic mass is 10.1. The maximum absolute atomic E-state index is 3.52. The highest BCUT2D eigenvalue weighted by molar-refractivity contribution is 4.51. The Morgan fingerprint density at radius 1 is 0.857 bits per heavy atom. The second-order valence-corrected chi connectivity index (χ2v) is 4.70.